The van der Waals surface area contributed by atoms with Crippen LogP contribution >= 0.6 is 0 Å². The van der Waals surface area contributed by atoms with Gasteiger partial charge in [-0.3, -0.25) is 4.90 Å². The van der Waals surface area contributed by atoms with Gasteiger partial charge in [0.25, 0.3) is 0 Å². The van der Waals surface area contributed by atoms with Gasteiger partial charge >= 0.3 is 0 Å². The number of nitrogens with zero attached hydrogens (tertiary/aromatic N) is 1. The molecule has 1 saturated heterocycles. The van der Waals surface area contributed by atoms with E-state index in [1.165, 1.54) is 16.7 Å². The maximum absolute atomic E-state index is 10.9. The standard InChI is InChI=1S/C19H29NO3/c1-15-5-4-6-17(16(15)2)13-20(3)14-18(21)7-9-19(10-8-18)22-11-12-23-19/h4-6,21H,7-14H2,1-3H3. The molecule has 0 aromatic heterocycles. The molecule has 128 valence electrons. The minimum Gasteiger partial charge on any atom is -0.389 e. The van der Waals surface area contributed by atoms with Crippen LogP contribution in [0.3, 0.4) is 0 Å². The molecule has 23 heavy (non-hydrogen) atoms. The van der Waals surface area contributed by atoms with E-state index in [-0.39, 0.29) is 0 Å². The summed E-state index contributed by atoms with van der Waals surface area (Å²) < 4.78 is 11.5. The fourth-order valence-electron chi connectivity index (χ4n) is 3.87. The topological polar surface area (TPSA) is 41.9 Å². The molecule has 0 radical (unpaired) electrons. The fraction of sp³-hybridized carbons (Fsp3) is 0.684. The summed E-state index contributed by atoms with van der Waals surface area (Å²) in [6, 6.07) is 6.44. The van der Waals surface area contributed by atoms with Crippen molar-refractivity contribution >= 4 is 0 Å². The van der Waals surface area contributed by atoms with Crippen LogP contribution < -0.4 is 0 Å². The molecule has 3 rings (SSSR count). The second kappa shape index (κ2) is 6.52. The van der Waals surface area contributed by atoms with Gasteiger partial charge in [-0.2, -0.15) is 0 Å². The Morgan fingerprint density at radius 2 is 1.74 bits per heavy atom. The maximum Gasteiger partial charge on any atom is 0.168 e. The summed E-state index contributed by atoms with van der Waals surface area (Å²) in [5, 5.41) is 10.9. The van der Waals surface area contributed by atoms with Crippen LogP contribution in [0, 0.1) is 13.8 Å². The highest BCUT2D eigenvalue weighted by molar-refractivity contribution is 5.32. The predicted octanol–water partition coefficient (Wildman–Crippen LogP) is 2.78. The average molecular weight is 319 g/mol. The molecule has 0 amide bonds. The van der Waals surface area contributed by atoms with E-state index in [0.29, 0.717) is 19.8 Å². The molecule has 1 aliphatic carbocycles. The summed E-state index contributed by atoms with van der Waals surface area (Å²) >= 11 is 0. The molecule has 1 aromatic rings. The van der Waals surface area contributed by atoms with Gasteiger partial charge in [0.2, 0.25) is 0 Å². The van der Waals surface area contributed by atoms with Gasteiger partial charge in [0.05, 0.1) is 18.8 Å². The molecule has 0 bridgehead atoms. The largest absolute Gasteiger partial charge is 0.389 e. The molecule has 4 nitrogen and oxygen atoms in total. The van der Waals surface area contributed by atoms with E-state index in [2.05, 4.69) is 44.0 Å². The van der Waals surface area contributed by atoms with Gasteiger partial charge in [0, 0.05) is 25.9 Å². The SMILES string of the molecule is Cc1cccc(CN(C)CC2(O)CCC3(CC2)OCCO3)c1C. The first-order valence-corrected chi connectivity index (χ1v) is 8.65. The molecule has 1 saturated carbocycles. The minimum atomic E-state index is -0.632. The van der Waals surface area contributed by atoms with Crippen molar-refractivity contribution in [1.29, 1.82) is 0 Å². The number of hydrogen-bond acceptors (Lipinski definition) is 4. The lowest BCUT2D eigenvalue weighted by Gasteiger charge is -2.42. The van der Waals surface area contributed by atoms with Crippen molar-refractivity contribution in [3.63, 3.8) is 0 Å². The van der Waals surface area contributed by atoms with Gasteiger partial charge in [-0.15, -0.1) is 0 Å². The third kappa shape index (κ3) is 3.77. The van der Waals surface area contributed by atoms with Crippen LogP contribution in [0.15, 0.2) is 18.2 Å². The second-order valence-corrected chi connectivity index (χ2v) is 7.36. The smallest absolute Gasteiger partial charge is 0.168 e. The molecule has 1 N–H and O–H groups in total. The predicted molar refractivity (Wildman–Crippen MR) is 90.3 cm³/mol. The Kier molecular flexibility index (Phi) is 4.79. The highest BCUT2D eigenvalue weighted by Gasteiger charge is 2.45. The van der Waals surface area contributed by atoms with Crippen LogP contribution in [0.5, 0.6) is 0 Å². The highest BCUT2D eigenvalue weighted by Crippen LogP contribution is 2.40. The first kappa shape index (κ1) is 16.9. The first-order chi connectivity index (χ1) is 10.9. The van der Waals surface area contributed by atoms with E-state index in [0.717, 1.165) is 32.2 Å². The van der Waals surface area contributed by atoms with Crippen molar-refractivity contribution in [3.05, 3.63) is 34.9 Å². The van der Waals surface area contributed by atoms with Crippen LogP contribution in [0.2, 0.25) is 0 Å². The lowest BCUT2D eigenvalue weighted by Crippen LogP contribution is -2.49. The Bertz CT molecular complexity index is 542. The zero-order valence-electron chi connectivity index (χ0n) is 14.6. The quantitative estimate of drug-likeness (QED) is 0.926. The van der Waals surface area contributed by atoms with Crippen LogP contribution in [0.25, 0.3) is 0 Å². The minimum absolute atomic E-state index is 0.405. The average Bonchev–Trinajstić information content (AvgIpc) is 2.96. The molecule has 2 fully saturated rings. The lowest BCUT2D eigenvalue weighted by atomic mass is 9.81. The van der Waals surface area contributed by atoms with Crippen LogP contribution in [-0.2, 0) is 16.0 Å². The summed E-state index contributed by atoms with van der Waals surface area (Å²) in [4.78, 5) is 2.23. The highest BCUT2D eigenvalue weighted by atomic mass is 16.7. The third-order valence-corrected chi connectivity index (χ3v) is 5.48. The number of ether oxygens (including phenoxy) is 2. The number of hydrogen-bond donors (Lipinski definition) is 1. The van der Waals surface area contributed by atoms with E-state index < -0.39 is 11.4 Å². The van der Waals surface area contributed by atoms with Crippen molar-refractivity contribution in [2.45, 2.75) is 57.5 Å². The van der Waals surface area contributed by atoms with Gasteiger partial charge in [-0.05, 0) is 50.4 Å². The van der Waals surface area contributed by atoms with Crippen molar-refractivity contribution in [2.24, 2.45) is 0 Å². The van der Waals surface area contributed by atoms with Crippen LogP contribution in [0.1, 0.15) is 42.4 Å². The van der Waals surface area contributed by atoms with Gasteiger partial charge in [-0.25, -0.2) is 0 Å². The van der Waals surface area contributed by atoms with Crippen LogP contribution in [-0.4, -0.2) is 48.2 Å². The normalized spacial score (nSPS) is 22.8. The molecule has 0 unspecified atom stereocenters. The summed E-state index contributed by atoms with van der Waals surface area (Å²) in [7, 11) is 2.09. The van der Waals surface area contributed by atoms with E-state index in [9.17, 15) is 5.11 Å². The maximum atomic E-state index is 10.9. The first-order valence-electron chi connectivity index (χ1n) is 8.65. The fourth-order valence-corrected chi connectivity index (χ4v) is 3.87. The molecule has 4 heteroatoms. The molecular weight excluding hydrogens is 290 g/mol. The van der Waals surface area contributed by atoms with E-state index in [1.54, 1.807) is 0 Å². The van der Waals surface area contributed by atoms with E-state index in [1.807, 2.05) is 0 Å². The number of likely N-dealkylation sites (N-methyl/N-ethyl adjacent to an activating group) is 1. The summed E-state index contributed by atoms with van der Waals surface area (Å²) in [5.74, 6) is -0.405. The number of aliphatic hydroxyl groups is 1. The van der Waals surface area contributed by atoms with Gasteiger partial charge in [0.15, 0.2) is 5.79 Å². The summed E-state index contributed by atoms with van der Waals surface area (Å²) in [5.41, 5.74) is 3.38. The molecule has 1 spiro atoms. The zero-order chi connectivity index (χ0) is 16.5. The molecule has 1 aliphatic heterocycles. The van der Waals surface area contributed by atoms with Crippen molar-refractivity contribution in [1.82, 2.24) is 4.90 Å². The molecule has 0 atom stereocenters. The van der Waals surface area contributed by atoms with Crippen molar-refractivity contribution in [3.8, 4) is 0 Å². The number of benzene rings is 1. The summed E-state index contributed by atoms with van der Waals surface area (Å²) in [6.45, 7) is 7.25. The van der Waals surface area contributed by atoms with E-state index >= 15 is 0 Å². The monoisotopic (exact) mass is 319 g/mol. The number of rotatable bonds is 4. The zero-order valence-corrected chi connectivity index (χ0v) is 14.6. The Labute approximate surface area is 139 Å². The van der Waals surface area contributed by atoms with Gasteiger partial charge in [-0.1, -0.05) is 18.2 Å². The number of aryl methyl sites for hydroxylation is 1. The Morgan fingerprint density at radius 1 is 1.09 bits per heavy atom. The Hall–Kier alpha value is -0.940. The van der Waals surface area contributed by atoms with Crippen molar-refractivity contribution in [2.75, 3.05) is 26.8 Å². The van der Waals surface area contributed by atoms with Crippen LogP contribution in [0.4, 0.5) is 0 Å². The lowest BCUT2D eigenvalue weighted by molar-refractivity contribution is -0.204. The Balaban J connectivity index is 1.57. The van der Waals surface area contributed by atoms with Crippen molar-refractivity contribution < 1.29 is 14.6 Å². The van der Waals surface area contributed by atoms with Gasteiger partial charge in [0.1, 0.15) is 0 Å². The van der Waals surface area contributed by atoms with Gasteiger partial charge < -0.3 is 14.6 Å². The molecule has 2 aliphatic rings. The molecule has 1 heterocycles. The van der Waals surface area contributed by atoms with E-state index in [4.69, 9.17) is 9.47 Å². The third-order valence-electron chi connectivity index (χ3n) is 5.48. The Morgan fingerprint density at radius 3 is 2.39 bits per heavy atom. The second-order valence-electron chi connectivity index (χ2n) is 7.36. The molecular formula is C19H29NO3. The molecule has 1 aromatic carbocycles. The summed E-state index contributed by atoms with van der Waals surface area (Å²) in [6.07, 6.45) is 3.07.